The number of carbonyl (C=O) groups is 1. The minimum atomic E-state index is -3.66. The summed E-state index contributed by atoms with van der Waals surface area (Å²) in [5.74, 6) is 0.490. The Morgan fingerprint density at radius 1 is 1.11 bits per heavy atom. The van der Waals surface area contributed by atoms with Crippen molar-refractivity contribution < 1.29 is 17.8 Å². The number of hydrogen-bond donors (Lipinski definition) is 4. The Bertz CT molecular complexity index is 1520. The average Bonchev–Trinajstić information content (AvgIpc) is 3.14. The summed E-state index contributed by atoms with van der Waals surface area (Å²) >= 11 is 6.45. The molecule has 2 aromatic carbocycles. The molecule has 0 spiro atoms. The van der Waals surface area contributed by atoms with Crippen molar-refractivity contribution in [1.82, 2.24) is 9.97 Å². The van der Waals surface area contributed by atoms with Gasteiger partial charge in [0.05, 0.1) is 16.5 Å². The van der Waals surface area contributed by atoms with E-state index in [4.69, 9.17) is 21.9 Å². The Morgan fingerprint density at radius 2 is 1.86 bits per heavy atom. The lowest BCUT2D eigenvalue weighted by atomic mass is 9.96. The molecule has 1 aliphatic heterocycles. The van der Waals surface area contributed by atoms with Crippen LogP contribution in [0, 0.1) is 0 Å². The molecule has 5 rings (SSSR count). The highest BCUT2D eigenvalue weighted by Gasteiger charge is 2.19. The quantitative estimate of drug-likeness (QED) is 0.289. The van der Waals surface area contributed by atoms with Crippen molar-refractivity contribution >= 4 is 50.0 Å². The normalized spacial score (nSPS) is 13.1. The highest BCUT2D eigenvalue weighted by Crippen LogP contribution is 2.36. The van der Waals surface area contributed by atoms with Gasteiger partial charge in [0.15, 0.2) is 0 Å². The van der Waals surface area contributed by atoms with E-state index >= 15 is 0 Å². The monoisotopic (exact) mass is 512 g/mol. The summed E-state index contributed by atoms with van der Waals surface area (Å²) < 4.78 is 26.9. The van der Waals surface area contributed by atoms with Crippen molar-refractivity contribution in [2.45, 2.75) is 26.2 Å². The van der Waals surface area contributed by atoms with Crippen LogP contribution in [0.5, 0.6) is 0 Å². The summed E-state index contributed by atoms with van der Waals surface area (Å²) in [6.45, 7) is 1.37. The number of carbonyl (C=O) groups excluding carboxylic acids is 1. The molecule has 0 aliphatic carbocycles. The molecule has 0 fully saturated rings. The molecule has 0 atom stereocenters. The van der Waals surface area contributed by atoms with Crippen LogP contribution in [0.1, 0.15) is 30.0 Å². The van der Waals surface area contributed by atoms with Crippen LogP contribution in [0.2, 0.25) is 5.02 Å². The number of anilines is 2. The molecular formula is C25H25ClN4O4S. The second-order valence-electron chi connectivity index (χ2n) is 8.23. The summed E-state index contributed by atoms with van der Waals surface area (Å²) in [6, 6.07) is 14.2. The van der Waals surface area contributed by atoms with Crippen LogP contribution in [0.4, 0.5) is 11.5 Å². The third kappa shape index (κ3) is 5.82. The molecule has 0 bridgehead atoms. The number of para-hydroxylation sites is 1. The third-order valence-corrected chi connectivity index (χ3v) is 6.81. The first kappa shape index (κ1) is 24.7. The number of nitrogen functional groups attached to an aromatic ring is 1. The number of halogens is 1. The summed E-state index contributed by atoms with van der Waals surface area (Å²) in [5.41, 5.74) is 13.2. The molecule has 182 valence electrons. The van der Waals surface area contributed by atoms with Gasteiger partial charge in [-0.2, -0.15) is 8.42 Å². The van der Waals surface area contributed by atoms with Gasteiger partial charge in [0.1, 0.15) is 5.82 Å². The Kier molecular flexibility index (Phi) is 7.11. The molecule has 2 aromatic heterocycles. The number of nitrogens with zero attached hydrogens (tertiary/aromatic N) is 1. The fourth-order valence-electron chi connectivity index (χ4n) is 3.98. The number of amides is 1. The van der Waals surface area contributed by atoms with Crippen LogP contribution < -0.4 is 11.1 Å². The largest absolute Gasteiger partial charge is 0.385 e. The minimum Gasteiger partial charge on any atom is -0.385 e. The third-order valence-electron chi connectivity index (χ3n) is 5.78. The van der Waals surface area contributed by atoms with E-state index < -0.39 is 10.1 Å². The van der Waals surface area contributed by atoms with E-state index in [-0.39, 0.29) is 11.7 Å². The van der Waals surface area contributed by atoms with Gasteiger partial charge < -0.3 is 16.0 Å². The Labute approximate surface area is 208 Å². The van der Waals surface area contributed by atoms with E-state index in [0.29, 0.717) is 30.1 Å². The van der Waals surface area contributed by atoms with Crippen molar-refractivity contribution in [3.8, 4) is 11.1 Å². The van der Waals surface area contributed by atoms with Gasteiger partial charge in [-0.25, -0.2) is 0 Å². The smallest absolute Gasteiger partial charge is 0.264 e. The van der Waals surface area contributed by atoms with Crippen LogP contribution in [-0.4, -0.2) is 34.6 Å². The van der Waals surface area contributed by atoms with Gasteiger partial charge in [0, 0.05) is 47.3 Å². The second kappa shape index (κ2) is 10.1. The van der Waals surface area contributed by atoms with E-state index in [2.05, 4.69) is 33.5 Å². The maximum atomic E-state index is 11.7. The molecule has 4 aromatic rings. The molecular weight excluding hydrogens is 488 g/mol. The van der Waals surface area contributed by atoms with Crippen LogP contribution in [0.3, 0.4) is 0 Å². The number of nitrogens with one attached hydrogen (secondary N) is 2. The van der Waals surface area contributed by atoms with E-state index in [0.717, 1.165) is 44.4 Å². The zero-order valence-electron chi connectivity index (χ0n) is 19.0. The Morgan fingerprint density at radius 3 is 2.60 bits per heavy atom. The summed E-state index contributed by atoms with van der Waals surface area (Å²) in [6.07, 6.45) is 5.55. The lowest BCUT2D eigenvalue weighted by Gasteiger charge is -2.19. The zero-order valence-corrected chi connectivity index (χ0v) is 20.6. The van der Waals surface area contributed by atoms with Gasteiger partial charge in [-0.15, -0.1) is 0 Å². The summed E-state index contributed by atoms with van der Waals surface area (Å²) in [5, 5.41) is 4.55. The van der Waals surface area contributed by atoms with Crippen molar-refractivity contribution in [2.24, 2.45) is 0 Å². The molecule has 0 saturated carbocycles. The maximum Gasteiger partial charge on any atom is 0.264 e. The molecule has 0 saturated heterocycles. The van der Waals surface area contributed by atoms with Crippen molar-refractivity contribution in [1.29, 1.82) is 0 Å². The van der Waals surface area contributed by atoms with Crippen molar-refractivity contribution in [3.05, 3.63) is 76.6 Å². The standard InChI is InChI=1S/C23H19ClN4O.C2H6O3S/c24-19-10-15(9-14-5-6-21(29)28-22(14)19)16-7-13(11-26-12-16)8-18-17-3-1-2-4-20(17)27-23(18)25;1-2-6(3,4)5/h1-4,7,9-12,27H,5-6,8,25H2,(H,28,29);2H2,1H3,(H,3,4,5). The first-order valence-corrected chi connectivity index (χ1v) is 13.0. The average molecular weight is 513 g/mol. The van der Waals surface area contributed by atoms with Crippen LogP contribution in [0.25, 0.3) is 22.0 Å². The highest BCUT2D eigenvalue weighted by atomic mass is 35.5. The van der Waals surface area contributed by atoms with E-state index in [1.165, 1.54) is 6.92 Å². The van der Waals surface area contributed by atoms with Gasteiger partial charge in [-0.05, 0) is 54.3 Å². The van der Waals surface area contributed by atoms with E-state index in [1.54, 1.807) is 0 Å². The molecule has 8 nitrogen and oxygen atoms in total. The van der Waals surface area contributed by atoms with Gasteiger partial charge in [0.25, 0.3) is 10.1 Å². The van der Waals surface area contributed by atoms with Gasteiger partial charge in [-0.1, -0.05) is 29.8 Å². The number of aromatic nitrogens is 2. The van der Waals surface area contributed by atoms with Gasteiger partial charge in [-0.3, -0.25) is 14.3 Å². The van der Waals surface area contributed by atoms with E-state index in [1.807, 2.05) is 36.7 Å². The lowest BCUT2D eigenvalue weighted by Crippen LogP contribution is -2.19. The molecule has 35 heavy (non-hydrogen) atoms. The number of aromatic amines is 1. The molecule has 1 amide bonds. The number of aryl methyl sites for hydroxylation is 1. The van der Waals surface area contributed by atoms with Crippen molar-refractivity contribution in [3.63, 3.8) is 0 Å². The Balaban J connectivity index is 0.000000431. The van der Waals surface area contributed by atoms with Crippen molar-refractivity contribution in [2.75, 3.05) is 16.8 Å². The predicted octanol–water partition coefficient (Wildman–Crippen LogP) is 4.84. The first-order valence-electron chi connectivity index (χ1n) is 11.0. The number of hydrogen-bond acceptors (Lipinski definition) is 5. The SMILES string of the molecule is CCS(=O)(=O)O.Nc1[nH]c2ccccc2c1Cc1cncc(-c2cc(Cl)c3c(c2)CCC(=O)N3)c1. The minimum absolute atomic E-state index is 0.00660. The van der Waals surface area contributed by atoms with Gasteiger partial charge in [0.2, 0.25) is 5.91 Å². The predicted molar refractivity (Wildman–Crippen MR) is 139 cm³/mol. The zero-order chi connectivity index (χ0) is 25.2. The van der Waals surface area contributed by atoms with Crippen LogP contribution in [0.15, 0.2) is 54.9 Å². The molecule has 5 N–H and O–H groups in total. The summed E-state index contributed by atoms with van der Waals surface area (Å²) in [7, 11) is -3.66. The molecule has 0 radical (unpaired) electrons. The van der Waals surface area contributed by atoms with Crippen LogP contribution in [-0.2, 0) is 27.8 Å². The Hall–Kier alpha value is -3.40. The number of H-pyrrole nitrogens is 1. The summed E-state index contributed by atoms with van der Waals surface area (Å²) in [4.78, 5) is 19.3. The number of rotatable bonds is 4. The van der Waals surface area contributed by atoms with E-state index in [9.17, 15) is 13.2 Å². The second-order valence-corrected chi connectivity index (χ2v) is 10.4. The van der Waals surface area contributed by atoms with Gasteiger partial charge >= 0.3 is 0 Å². The molecule has 1 aliphatic rings. The first-order chi connectivity index (χ1) is 16.6. The van der Waals surface area contributed by atoms with Crippen LogP contribution >= 0.6 is 11.6 Å². The number of benzene rings is 2. The maximum absolute atomic E-state index is 11.7. The number of fused-ring (bicyclic) bond motifs is 2. The highest BCUT2D eigenvalue weighted by molar-refractivity contribution is 7.85. The number of nitrogens with two attached hydrogens (primary N) is 1. The topological polar surface area (TPSA) is 138 Å². The molecule has 3 heterocycles. The number of pyridine rings is 1. The molecule has 0 unspecified atom stereocenters. The molecule has 10 heteroatoms. The fraction of sp³-hybridized carbons (Fsp3) is 0.200. The lowest BCUT2D eigenvalue weighted by molar-refractivity contribution is -0.116. The fourth-order valence-corrected chi connectivity index (χ4v) is 4.26.